The quantitative estimate of drug-likeness (QED) is 0.812. The molecule has 1 saturated carbocycles. The summed E-state index contributed by atoms with van der Waals surface area (Å²) >= 11 is 0. The highest BCUT2D eigenvalue weighted by atomic mass is 16.5. The molecule has 7 nitrogen and oxygen atoms in total. The third-order valence-corrected chi connectivity index (χ3v) is 4.95. The van der Waals surface area contributed by atoms with E-state index in [-0.39, 0.29) is 0 Å². The molecule has 0 amide bonds. The number of hydrogen-bond donors (Lipinski definition) is 0. The Morgan fingerprint density at radius 2 is 2.04 bits per heavy atom. The first-order chi connectivity index (χ1) is 11.3. The SMILES string of the molecule is CCn1ncnc1CN1CCC(Cc2noc(C3CC3)n2)CC1. The lowest BCUT2D eigenvalue weighted by Crippen LogP contribution is -2.34. The van der Waals surface area contributed by atoms with E-state index >= 15 is 0 Å². The van der Waals surface area contributed by atoms with Gasteiger partial charge in [0.05, 0.1) is 6.54 Å². The van der Waals surface area contributed by atoms with Gasteiger partial charge in [-0.05, 0) is 51.6 Å². The Hall–Kier alpha value is -1.76. The molecule has 1 saturated heterocycles. The minimum absolute atomic E-state index is 0.550. The third kappa shape index (κ3) is 3.44. The molecule has 0 N–H and O–H groups in total. The Balaban J connectivity index is 1.27. The summed E-state index contributed by atoms with van der Waals surface area (Å²) in [6.45, 7) is 6.09. The number of hydrogen-bond acceptors (Lipinski definition) is 6. The molecule has 124 valence electrons. The summed E-state index contributed by atoms with van der Waals surface area (Å²) in [5, 5.41) is 8.40. The molecule has 0 bridgehead atoms. The van der Waals surface area contributed by atoms with Crippen molar-refractivity contribution in [3.8, 4) is 0 Å². The van der Waals surface area contributed by atoms with E-state index < -0.39 is 0 Å². The highest BCUT2D eigenvalue weighted by Crippen LogP contribution is 2.39. The van der Waals surface area contributed by atoms with E-state index in [2.05, 4.69) is 32.0 Å². The van der Waals surface area contributed by atoms with Gasteiger partial charge in [-0.25, -0.2) is 9.67 Å². The van der Waals surface area contributed by atoms with Crippen LogP contribution in [-0.4, -0.2) is 42.9 Å². The summed E-state index contributed by atoms with van der Waals surface area (Å²) in [4.78, 5) is 11.4. The van der Waals surface area contributed by atoms with Crippen LogP contribution < -0.4 is 0 Å². The Morgan fingerprint density at radius 3 is 2.78 bits per heavy atom. The zero-order valence-electron chi connectivity index (χ0n) is 13.7. The smallest absolute Gasteiger partial charge is 0.229 e. The average Bonchev–Trinajstić information content (AvgIpc) is 3.15. The van der Waals surface area contributed by atoms with Crippen LogP contribution in [0.1, 0.15) is 56.1 Å². The number of rotatable bonds is 6. The van der Waals surface area contributed by atoms with Crippen molar-refractivity contribution in [3.63, 3.8) is 0 Å². The second-order valence-electron chi connectivity index (χ2n) is 6.74. The topological polar surface area (TPSA) is 72.9 Å². The van der Waals surface area contributed by atoms with Crippen LogP contribution in [0.25, 0.3) is 0 Å². The number of likely N-dealkylation sites (tertiary alicyclic amines) is 1. The normalized spacial score (nSPS) is 20.2. The Bertz CT molecular complexity index is 639. The Morgan fingerprint density at radius 1 is 1.22 bits per heavy atom. The molecule has 4 rings (SSSR count). The van der Waals surface area contributed by atoms with Gasteiger partial charge in [-0.15, -0.1) is 0 Å². The minimum Gasteiger partial charge on any atom is -0.339 e. The predicted octanol–water partition coefficient (Wildman–Crippen LogP) is 2.01. The van der Waals surface area contributed by atoms with E-state index in [0.717, 1.165) is 50.1 Å². The number of aromatic nitrogens is 5. The molecule has 0 spiro atoms. The van der Waals surface area contributed by atoms with Crippen molar-refractivity contribution < 1.29 is 4.52 Å². The molecule has 2 aromatic heterocycles. The van der Waals surface area contributed by atoms with Gasteiger partial charge in [0.2, 0.25) is 5.89 Å². The second-order valence-corrected chi connectivity index (χ2v) is 6.74. The van der Waals surface area contributed by atoms with Gasteiger partial charge in [0, 0.05) is 18.9 Å². The molecule has 23 heavy (non-hydrogen) atoms. The van der Waals surface area contributed by atoms with Crippen LogP contribution in [-0.2, 0) is 19.5 Å². The number of piperidine rings is 1. The molecule has 0 unspecified atom stereocenters. The predicted molar refractivity (Wildman–Crippen MR) is 83.7 cm³/mol. The van der Waals surface area contributed by atoms with Crippen LogP contribution in [0.3, 0.4) is 0 Å². The highest BCUT2D eigenvalue weighted by Gasteiger charge is 2.30. The molecular weight excluding hydrogens is 292 g/mol. The van der Waals surface area contributed by atoms with Crippen molar-refractivity contribution in [2.45, 2.75) is 58.0 Å². The maximum atomic E-state index is 5.36. The van der Waals surface area contributed by atoms with Gasteiger partial charge < -0.3 is 4.52 Å². The molecule has 1 aliphatic carbocycles. The van der Waals surface area contributed by atoms with Crippen molar-refractivity contribution in [1.82, 2.24) is 29.8 Å². The maximum absolute atomic E-state index is 5.36. The second kappa shape index (κ2) is 6.39. The lowest BCUT2D eigenvalue weighted by atomic mass is 9.93. The largest absolute Gasteiger partial charge is 0.339 e. The number of nitrogens with zero attached hydrogens (tertiary/aromatic N) is 6. The van der Waals surface area contributed by atoms with Gasteiger partial charge in [0.1, 0.15) is 12.2 Å². The van der Waals surface area contributed by atoms with E-state index in [1.165, 1.54) is 25.7 Å². The highest BCUT2D eigenvalue weighted by molar-refractivity contribution is 5.02. The molecule has 2 fully saturated rings. The fourth-order valence-corrected chi connectivity index (χ4v) is 3.33. The van der Waals surface area contributed by atoms with E-state index in [9.17, 15) is 0 Å². The van der Waals surface area contributed by atoms with Crippen LogP contribution in [0.4, 0.5) is 0 Å². The van der Waals surface area contributed by atoms with E-state index in [4.69, 9.17) is 4.52 Å². The van der Waals surface area contributed by atoms with Gasteiger partial charge in [-0.2, -0.15) is 10.1 Å². The Kier molecular flexibility index (Phi) is 4.11. The van der Waals surface area contributed by atoms with Crippen molar-refractivity contribution in [1.29, 1.82) is 0 Å². The zero-order valence-corrected chi connectivity index (χ0v) is 13.7. The van der Waals surface area contributed by atoms with Crippen molar-refractivity contribution >= 4 is 0 Å². The van der Waals surface area contributed by atoms with Gasteiger partial charge in [0.25, 0.3) is 0 Å². The molecule has 0 aromatic carbocycles. The van der Waals surface area contributed by atoms with Crippen LogP contribution in [0.15, 0.2) is 10.9 Å². The first-order valence-electron chi connectivity index (χ1n) is 8.73. The summed E-state index contributed by atoms with van der Waals surface area (Å²) in [7, 11) is 0. The monoisotopic (exact) mass is 316 g/mol. The fraction of sp³-hybridized carbons (Fsp3) is 0.750. The first-order valence-corrected chi connectivity index (χ1v) is 8.73. The first kappa shape index (κ1) is 14.8. The van der Waals surface area contributed by atoms with Crippen molar-refractivity contribution in [2.24, 2.45) is 5.92 Å². The Labute approximate surface area is 136 Å². The van der Waals surface area contributed by atoms with Gasteiger partial charge >= 0.3 is 0 Å². The standard InChI is InChI=1S/C16H24N6O/c1-2-22-15(17-11-18-22)10-21-7-5-12(6-8-21)9-14-19-16(23-20-14)13-3-4-13/h11-13H,2-10H2,1H3. The van der Waals surface area contributed by atoms with Gasteiger partial charge in [-0.3, -0.25) is 4.90 Å². The lowest BCUT2D eigenvalue weighted by Gasteiger charge is -2.31. The van der Waals surface area contributed by atoms with Crippen molar-refractivity contribution in [2.75, 3.05) is 13.1 Å². The maximum Gasteiger partial charge on any atom is 0.229 e. The molecular formula is C16H24N6O. The summed E-state index contributed by atoms with van der Waals surface area (Å²) in [6.07, 6.45) is 7.40. The van der Waals surface area contributed by atoms with E-state index in [0.29, 0.717) is 11.8 Å². The molecule has 7 heteroatoms. The third-order valence-electron chi connectivity index (χ3n) is 4.95. The van der Waals surface area contributed by atoms with Crippen LogP contribution in [0.2, 0.25) is 0 Å². The van der Waals surface area contributed by atoms with E-state index in [1.807, 2.05) is 4.68 Å². The number of aryl methyl sites for hydroxylation is 1. The molecule has 0 atom stereocenters. The lowest BCUT2D eigenvalue weighted by molar-refractivity contribution is 0.169. The summed E-state index contributed by atoms with van der Waals surface area (Å²) in [6, 6.07) is 0. The summed E-state index contributed by atoms with van der Waals surface area (Å²) < 4.78 is 7.33. The minimum atomic E-state index is 0.550. The van der Waals surface area contributed by atoms with Gasteiger partial charge in [-0.1, -0.05) is 5.16 Å². The van der Waals surface area contributed by atoms with Crippen LogP contribution in [0, 0.1) is 5.92 Å². The molecule has 2 aliphatic rings. The summed E-state index contributed by atoms with van der Waals surface area (Å²) in [5.74, 6) is 4.04. The molecule has 1 aliphatic heterocycles. The van der Waals surface area contributed by atoms with Crippen molar-refractivity contribution in [3.05, 3.63) is 23.9 Å². The van der Waals surface area contributed by atoms with Crippen LogP contribution in [0.5, 0.6) is 0 Å². The average molecular weight is 316 g/mol. The molecule has 3 heterocycles. The molecule has 0 radical (unpaired) electrons. The fourth-order valence-electron chi connectivity index (χ4n) is 3.33. The van der Waals surface area contributed by atoms with E-state index in [1.54, 1.807) is 6.33 Å². The van der Waals surface area contributed by atoms with Crippen LogP contribution >= 0.6 is 0 Å². The zero-order chi connectivity index (χ0) is 15.6. The molecule has 2 aromatic rings. The van der Waals surface area contributed by atoms with Gasteiger partial charge in [0.15, 0.2) is 5.82 Å². The summed E-state index contributed by atoms with van der Waals surface area (Å²) in [5.41, 5.74) is 0.